The number of nitriles is 1. The normalized spacial score (nSPS) is 11.6. The number of benzene rings is 1. The fraction of sp³-hybridized carbons (Fsp3) is 0.389. The van der Waals surface area contributed by atoms with Crippen molar-refractivity contribution >= 4 is 20.5 Å². The number of hydrogen-bond donors (Lipinski definition) is 0. The molecule has 0 fully saturated rings. The molecule has 0 bridgehead atoms. The molecule has 2 aromatic rings. The Morgan fingerprint density at radius 2 is 2.17 bits per heavy atom. The second-order valence-electron chi connectivity index (χ2n) is 5.31. The second-order valence-corrected chi connectivity index (χ2v) is 7.41. The van der Waals surface area contributed by atoms with Crippen LogP contribution in [0.2, 0.25) is 0 Å². The fourth-order valence-corrected chi connectivity index (χ4v) is 4.07. The molecule has 6 heteroatoms. The van der Waals surface area contributed by atoms with Gasteiger partial charge in [0.15, 0.2) is 0 Å². The average Bonchev–Trinajstić information content (AvgIpc) is 2.97. The van der Waals surface area contributed by atoms with Crippen molar-refractivity contribution in [1.82, 2.24) is 4.98 Å². The molecule has 0 aliphatic rings. The summed E-state index contributed by atoms with van der Waals surface area (Å²) in [7, 11) is 0. The predicted octanol–water partition coefficient (Wildman–Crippen LogP) is 3.34. The Kier molecular flexibility index (Phi) is 6.19. The van der Waals surface area contributed by atoms with E-state index in [1.807, 2.05) is 26.8 Å². The van der Waals surface area contributed by atoms with Gasteiger partial charge in [0.05, 0.1) is 0 Å². The van der Waals surface area contributed by atoms with Crippen LogP contribution in [0.5, 0.6) is 5.75 Å². The molecule has 0 spiro atoms. The molecular formula is C18H20N2O3Se. The van der Waals surface area contributed by atoms with E-state index in [0.29, 0.717) is 28.1 Å². The van der Waals surface area contributed by atoms with E-state index in [4.69, 9.17) is 9.47 Å². The van der Waals surface area contributed by atoms with E-state index in [-0.39, 0.29) is 26.6 Å². The number of aromatic nitrogens is 1. The maximum atomic E-state index is 12.0. The zero-order valence-electron chi connectivity index (χ0n) is 14.3. The van der Waals surface area contributed by atoms with Gasteiger partial charge in [0.1, 0.15) is 0 Å². The Labute approximate surface area is 148 Å². The van der Waals surface area contributed by atoms with Crippen molar-refractivity contribution < 1.29 is 14.3 Å². The van der Waals surface area contributed by atoms with E-state index in [0.717, 1.165) is 16.6 Å². The quantitative estimate of drug-likeness (QED) is 0.558. The van der Waals surface area contributed by atoms with E-state index in [1.165, 1.54) is 0 Å². The third-order valence-electron chi connectivity index (χ3n) is 3.51. The molecule has 1 heterocycles. The van der Waals surface area contributed by atoms with Gasteiger partial charge in [-0.05, 0) is 0 Å². The van der Waals surface area contributed by atoms with Gasteiger partial charge in [0, 0.05) is 0 Å². The van der Waals surface area contributed by atoms with Crippen LogP contribution in [0.15, 0.2) is 18.2 Å². The van der Waals surface area contributed by atoms with Gasteiger partial charge in [-0.1, -0.05) is 0 Å². The van der Waals surface area contributed by atoms with Crippen LogP contribution >= 0.6 is 0 Å². The number of nitrogens with zero attached hydrogens (tertiary/aromatic N) is 2. The summed E-state index contributed by atoms with van der Waals surface area (Å²) in [4.78, 5) is 16.5. The molecule has 126 valence electrons. The van der Waals surface area contributed by atoms with Crippen molar-refractivity contribution in [3.05, 3.63) is 33.9 Å². The Hall–Kier alpha value is -2.09. The number of ether oxygens (including phenoxy) is 2. The number of esters is 1. The van der Waals surface area contributed by atoms with Gasteiger partial charge >= 0.3 is 148 Å². The first kappa shape index (κ1) is 18.3. The van der Waals surface area contributed by atoms with Gasteiger partial charge in [0.25, 0.3) is 0 Å². The minimum absolute atomic E-state index is 0.0512. The number of hydrogen-bond acceptors (Lipinski definition) is 5. The van der Waals surface area contributed by atoms with Crippen molar-refractivity contribution in [2.24, 2.45) is 0 Å². The predicted molar refractivity (Wildman–Crippen MR) is 92.4 cm³/mol. The van der Waals surface area contributed by atoms with Crippen LogP contribution in [0, 0.1) is 18.3 Å². The summed E-state index contributed by atoms with van der Waals surface area (Å²) in [5.74, 6) is 0.281. The van der Waals surface area contributed by atoms with Crippen LogP contribution in [0.25, 0.3) is 10.1 Å². The molecule has 1 unspecified atom stereocenters. The van der Waals surface area contributed by atoms with Gasteiger partial charge in [-0.25, -0.2) is 0 Å². The third kappa shape index (κ3) is 4.05. The number of rotatable bonds is 6. The van der Waals surface area contributed by atoms with Gasteiger partial charge < -0.3 is 0 Å². The standard InChI is InChI=1S/C18H20N2O3Se/c1-5-11(3)23-15-8-7-13(9-14(15)10-19)17-20-12(4)16(24-17)18(21)22-6-2/h7-9,11H,5-6H2,1-4H3. The summed E-state index contributed by atoms with van der Waals surface area (Å²) in [5.41, 5.74) is 2.03. The number of aryl methyl sites for hydroxylation is 1. The summed E-state index contributed by atoms with van der Waals surface area (Å²) >= 11 is -0.220. The Morgan fingerprint density at radius 3 is 2.79 bits per heavy atom. The Bertz CT molecular complexity index is 777. The van der Waals surface area contributed by atoms with Crippen molar-refractivity contribution in [2.75, 3.05) is 6.61 Å². The molecule has 0 N–H and O–H groups in total. The van der Waals surface area contributed by atoms with E-state index in [2.05, 4.69) is 11.1 Å². The summed E-state index contributed by atoms with van der Waals surface area (Å²) in [6, 6.07) is 7.64. The maximum absolute atomic E-state index is 12.0. The molecule has 0 amide bonds. The van der Waals surface area contributed by atoms with Crippen molar-refractivity contribution in [3.8, 4) is 22.0 Å². The van der Waals surface area contributed by atoms with E-state index in [1.54, 1.807) is 19.1 Å². The van der Waals surface area contributed by atoms with Crippen molar-refractivity contribution in [1.29, 1.82) is 5.26 Å². The molecule has 0 aliphatic heterocycles. The van der Waals surface area contributed by atoms with Crippen LogP contribution in [-0.2, 0) is 4.74 Å². The minimum atomic E-state index is -0.300. The zero-order valence-corrected chi connectivity index (χ0v) is 16.0. The summed E-state index contributed by atoms with van der Waals surface area (Å²) < 4.78 is 12.3. The zero-order chi connectivity index (χ0) is 17.7. The van der Waals surface area contributed by atoms with Gasteiger partial charge in [-0.15, -0.1) is 0 Å². The van der Waals surface area contributed by atoms with Crippen LogP contribution in [0.1, 0.15) is 47.7 Å². The monoisotopic (exact) mass is 392 g/mol. The van der Waals surface area contributed by atoms with E-state index in [9.17, 15) is 10.1 Å². The first-order valence-corrected chi connectivity index (χ1v) is 9.57. The third-order valence-corrected chi connectivity index (χ3v) is 6.00. The summed E-state index contributed by atoms with van der Waals surface area (Å²) in [5, 5.41) is 9.38. The van der Waals surface area contributed by atoms with E-state index >= 15 is 0 Å². The molecule has 5 nitrogen and oxygen atoms in total. The van der Waals surface area contributed by atoms with Gasteiger partial charge in [-0.3, -0.25) is 0 Å². The van der Waals surface area contributed by atoms with Crippen molar-refractivity contribution in [2.45, 2.75) is 40.2 Å². The molecule has 0 radical (unpaired) electrons. The number of carbonyl (C=O) groups excluding carboxylic acids is 1. The molecule has 0 saturated heterocycles. The van der Waals surface area contributed by atoms with Crippen LogP contribution in [0.3, 0.4) is 0 Å². The first-order valence-electron chi connectivity index (χ1n) is 7.85. The molecule has 1 aromatic carbocycles. The molecule has 24 heavy (non-hydrogen) atoms. The Morgan fingerprint density at radius 1 is 1.42 bits per heavy atom. The first-order chi connectivity index (χ1) is 11.5. The van der Waals surface area contributed by atoms with Crippen LogP contribution in [-0.4, -0.2) is 38.2 Å². The summed E-state index contributed by atoms with van der Waals surface area (Å²) in [6.07, 6.45) is 0.921. The van der Waals surface area contributed by atoms with E-state index < -0.39 is 0 Å². The van der Waals surface area contributed by atoms with Crippen LogP contribution in [0.4, 0.5) is 0 Å². The van der Waals surface area contributed by atoms with Crippen molar-refractivity contribution in [3.63, 3.8) is 0 Å². The summed E-state index contributed by atoms with van der Waals surface area (Å²) in [6.45, 7) is 7.95. The Balaban J connectivity index is 2.35. The molecule has 1 aromatic heterocycles. The van der Waals surface area contributed by atoms with Crippen LogP contribution < -0.4 is 4.74 Å². The second kappa shape index (κ2) is 8.14. The molecular weight excluding hydrogens is 371 g/mol. The molecule has 2 rings (SSSR count). The molecule has 1 atom stereocenters. The SMILES string of the molecule is CCOC(=O)c1[se]c(-c2ccc(OC(C)CC)c(C#N)c2)nc1C. The molecule has 0 saturated carbocycles. The topological polar surface area (TPSA) is 72.2 Å². The van der Waals surface area contributed by atoms with Gasteiger partial charge in [-0.2, -0.15) is 0 Å². The van der Waals surface area contributed by atoms with Gasteiger partial charge in [0.2, 0.25) is 0 Å². The fourth-order valence-electron chi connectivity index (χ4n) is 2.06. The molecule has 0 aliphatic carbocycles. The number of carbonyl (C=O) groups is 1. The average molecular weight is 391 g/mol.